The number of hydrogen-bond donors (Lipinski definition) is 3. The lowest BCUT2D eigenvalue weighted by molar-refractivity contribution is 0.911. The lowest BCUT2D eigenvalue weighted by atomic mass is 10.1. The third kappa shape index (κ3) is 2.94. The molecule has 5 rings (SSSR count). The maximum atomic E-state index is 6.19. The van der Waals surface area contributed by atoms with Crippen molar-refractivity contribution in [2.24, 2.45) is 11.6 Å². The van der Waals surface area contributed by atoms with Gasteiger partial charge in [0.05, 0.1) is 5.56 Å². The Morgan fingerprint density at radius 3 is 2.73 bits per heavy atom. The molecule has 30 heavy (non-hydrogen) atoms. The van der Waals surface area contributed by atoms with Crippen molar-refractivity contribution in [1.29, 1.82) is 0 Å². The number of benzene rings is 1. The van der Waals surface area contributed by atoms with E-state index in [0.29, 0.717) is 23.1 Å². The summed E-state index contributed by atoms with van der Waals surface area (Å²) >= 11 is 0. The maximum Gasteiger partial charge on any atom is 0.167 e. The molecule has 0 atom stereocenters. The Bertz CT molecular complexity index is 1270. The van der Waals surface area contributed by atoms with Gasteiger partial charge in [-0.2, -0.15) is 0 Å². The summed E-state index contributed by atoms with van der Waals surface area (Å²) in [5.41, 5.74) is 17.6. The summed E-state index contributed by atoms with van der Waals surface area (Å²) < 4.78 is 2.02. The molecule has 3 heterocycles. The SMILES string of the molecule is N/C=C\N(N)c1ccc2nc(-c3cccnc3N)n(-c3ccc4c(c3)CCC4)c2n1. The first kappa shape index (κ1) is 18.1. The van der Waals surface area contributed by atoms with E-state index in [1.165, 1.54) is 28.8 Å². The first-order valence-corrected chi connectivity index (χ1v) is 9.80. The predicted octanol–water partition coefficient (Wildman–Crippen LogP) is 2.66. The van der Waals surface area contributed by atoms with Gasteiger partial charge in [-0.25, -0.2) is 20.8 Å². The number of imidazole rings is 1. The molecule has 1 aromatic carbocycles. The highest BCUT2D eigenvalue weighted by Crippen LogP contribution is 2.33. The molecule has 6 N–H and O–H groups in total. The largest absolute Gasteiger partial charge is 0.403 e. The van der Waals surface area contributed by atoms with Crippen LogP contribution in [0, 0.1) is 0 Å². The number of nitrogens with zero attached hydrogens (tertiary/aromatic N) is 5. The molecule has 0 fully saturated rings. The average molecular weight is 398 g/mol. The summed E-state index contributed by atoms with van der Waals surface area (Å²) in [6.45, 7) is 0. The van der Waals surface area contributed by atoms with Gasteiger partial charge in [-0.1, -0.05) is 6.07 Å². The lowest BCUT2D eigenvalue weighted by Gasteiger charge is -2.14. The van der Waals surface area contributed by atoms with Crippen LogP contribution in [0.25, 0.3) is 28.2 Å². The Morgan fingerprint density at radius 2 is 1.90 bits per heavy atom. The van der Waals surface area contributed by atoms with Gasteiger partial charge < -0.3 is 11.5 Å². The summed E-state index contributed by atoms with van der Waals surface area (Å²) in [6.07, 6.45) is 7.97. The highest BCUT2D eigenvalue weighted by molar-refractivity contribution is 5.84. The summed E-state index contributed by atoms with van der Waals surface area (Å²) in [6, 6.07) is 14.0. The number of hydrazine groups is 1. The minimum atomic E-state index is 0.418. The quantitative estimate of drug-likeness (QED) is 0.356. The topological polar surface area (TPSA) is 125 Å². The Balaban J connectivity index is 1.79. The van der Waals surface area contributed by atoms with E-state index < -0.39 is 0 Å². The van der Waals surface area contributed by atoms with E-state index >= 15 is 0 Å². The van der Waals surface area contributed by atoms with Crippen molar-refractivity contribution in [2.75, 3.05) is 10.7 Å². The number of nitrogen functional groups attached to an aromatic ring is 1. The average Bonchev–Trinajstić information content (AvgIpc) is 3.37. The van der Waals surface area contributed by atoms with Gasteiger partial charge in [0.2, 0.25) is 0 Å². The summed E-state index contributed by atoms with van der Waals surface area (Å²) in [7, 11) is 0. The fourth-order valence-corrected chi connectivity index (χ4v) is 3.99. The number of aryl methyl sites for hydroxylation is 2. The Morgan fingerprint density at radius 1 is 1.03 bits per heavy atom. The molecular formula is C22H22N8. The second-order valence-electron chi connectivity index (χ2n) is 7.27. The molecule has 4 aromatic rings. The second-order valence-corrected chi connectivity index (χ2v) is 7.27. The number of anilines is 2. The van der Waals surface area contributed by atoms with Crippen LogP contribution in [-0.4, -0.2) is 19.5 Å². The molecule has 0 radical (unpaired) electrons. The molecular weight excluding hydrogens is 376 g/mol. The van der Waals surface area contributed by atoms with Gasteiger partial charge in [-0.05, 0) is 66.8 Å². The van der Waals surface area contributed by atoms with Crippen LogP contribution in [0.1, 0.15) is 17.5 Å². The van der Waals surface area contributed by atoms with Gasteiger partial charge >= 0.3 is 0 Å². The van der Waals surface area contributed by atoms with E-state index in [1.807, 2.05) is 22.8 Å². The lowest BCUT2D eigenvalue weighted by Crippen LogP contribution is -2.25. The second kappa shape index (κ2) is 7.16. The molecule has 8 heteroatoms. The van der Waals surface area contributed by atoms with Crippen molar-refractivity contribution in [3.05, 3.63) is 72.2 Å². The minimum absolute atomic E-state index is 0.418. The van der Waals surface area contributed by atoms with Crippen LogP contribution in [-0.2, 0) is 12.8 Å². The van der Waals surface area contributed by atoms with E-state index in [2.05, 4.69) is 23.2 Å². The molecule has 0 saturated carbocycles. The smallest absolute Gasteiger partial charge is 0.167 e. The van der Waals surface area contributed by atoms with Crippen LogP contribution in [0.3, 0.4) is 0 Å². The maximum absolute atomic E-state index is 6.19. The van der Waals surface area contributed by atoms with Crippen LogP contribution >= 0.6 is 0 Å². The fourth-order valence-electron chi connectivity index (χ4n) is 3.99. The number of hydrogen-bond acceptors (Lipinski definition) is 7. The molecule has 0 saturated heterocycles. The van der Waals surface area contributed by atoms with Crippen molar-refractivity contribution >= 4 is 22.8 Å². The van der Waals surface area contributed by atoms with Crippen molar-refractivity contribution in [3.63, 3.8) is 0 Å². The highest BCUT2D eigenvalue weighted by Gasteiger charge is 2.20. The zero-order chi connectivity index (χ0) is 20.7. The molecule has 150 valence electrons. The number of fused-ring (bicyclic) bond motifs is 2. The molecule has 8 nitrogen and oxygen atoms in total. The molecule has 0 bridgehead atoms. The molecule has 1 aliphatic rings. The van der Waals surface area contributed by atoms with Gasteiger partial charge in [0, 0.05) is 24.3 Å². The van der Waals surface area contributed by atoms with E-state index in [0.717, 1.165) is 29.6 Å². The van der Waals surface area contributed by atoms with Crippen LogP contribution in [0.15, 0.2) is 61.1 Å². The number of nitrogens with two attached hydrogens (primary N) is 3. The van der Waals surface area contributed by atoms with Gasteiger partial charge in [-0.3, -0.25) is 9.58 Å². The van der Waals surface area contributed by atoms with Crippen molar-refractivity contribution in [1.82, 2.24) is 19.5 Å². The van der Waals surface area contributed by atoms with Crippen LogP contribution in [0.4, 0.5) is 11.6 Å². The number of aromatic nitrogens is 4. The van der Waals surface area contributed by atoms with E-state index in [1.54, 1.807) is 18.5 Å². The summed E-state index contributed by atoms with van der Waals surface area (Å²) in [5.74, 6) is 7.71. The molecule has 0 amide bonds. The highest BCUT2D eigenvalue weighted by atomic mass is 15.4. The minimum Gasteiger partial charge on any atom is -0.403 e. The standard InChI is InChI=1S/C22H22N8/c23-10-12-29(25)19-9-8-18-22(28-19)30(16-7-6-14-3-1-4-15(14)13-16)21(27-18)17-5-2-11-26-20(17)24/h2,5-13H,1,3-4,23,25H2,(H2,24,26)/b12-10-. The zero-order valence-corrected chi connectivity index (χ0v) is 16.4. The van der Waals surface area contributed by atoms with Crippen LogP contribution in [0.2, 0.25) is 0 Å². The zero-order valence-electron chi connectivity index (χ0n) is 16.4. The first-order valence-electron chi connectivity index (χ1n) is 9.80. The van der Waals surface area contributed by atoms with E-state index in [-0.39, 0.29) is 0 Å². The fraction of sp³-hybridized carbons (Fsp3) is 0.136. The normalized spacial score (nSPS) is 13.2. The van der Waals surface area contributed by atoms with Gasteiger partial charge in [-0.15, -0.1) is 0 Å². The van der Waals surface area contributed by atoms with E-state index in [9.17, 15) is 0 Å². The molecule has 1 aliphatic carbocycles. The monoisotopic (exact) mass is 398 g/mol. The van der Waals surface area contributed by atoms with Crippen molar-refractivity contribution in [3.8, 4) is 17.1 Å². The van der Waals surface area contributed by atoms with Crippen molar-refractivity contribution < 1.29 is 0 Å². The Hall–Kier alpha value is -3.91. The van der Waals surface area contributed by atoms with E-state index in [4.69, 9.17) is 27.3 Å². The molecule has 0 unspecified atom stereocenters. The van der Waals surface area contributed by atoms with Crippen molar-refractivity contribution in [2.45, 2.75) is 19.3 Å². The first-order chi connectivity index (χ1) is 14.7. The number of rotatable bonds is 4. The molecule has 3 aromatic heterocycles. The Labute approximate surface area is 173 Å². The Kier molecular flexibility index (Phi) is 4.33. The number of pyridine rings is 2. The van der Waals surface area contributed by atoms with Gasteiger partial charge in [0.25, 0.3) is 0 Å². The summed E-state index contributed by atoms with van der Waals surface area (Å²) in [4.78, 5) is 13.9. The van der Waals surface area contributed by atoms with Crippen LogP contribution in [0.5, 0.6) is 0 Å². The predicted molar refractivity (Wildman–Crippen MR) is 119 cm³/mol. The van der Waals surface area contributed by atoms with Gasteiger partial charge in [0.1, 0.15) is 17.2 Å². The third-order valence-electron chi connectivity index (χ3n) is 5.42. The molecule has 0 aliphatic heterocycles. The third-order valence-corrected chi connectivity index (χ3v) is 5.42. The molecule has 0 spiro atoms. The van der Waals surface area contributed by atoms with Gasteiger partial charge in [0.15, 0.2) is 11.5 Å². The van der Waals surface area contributed by atoms with Crippen LogP contribution < -0.4 is 22.3 Å². The summed E-state index contributed by atoms with van der Waals surface area (Å²) in [5, 5.41) is 1.37.